The molecule has 5 aromatic rings. The van der Waals surface area contributed by atoms with Crippen LogP contribution < -0.4 is 24.6 Å². The molecule has 0 unspecified atom stereocenters. The number of aromatic amines is 1. The Morgan fingerprint density at radius 2 is 1.81 bits per heavy atom. The van der Waals surface area contributed by atoms with E-state index in [4.69, 9.17) is 19.2 Å². The van der Waals surface area contributed by atoms with Crippen LogP contribution >= 0.6 is 0 Å². The predicted molar refractivity (Wildman–Crippen MR) is 241 cm³/mol. The van der Waals surface area contributed by atoms with E-state index in [0.29, 0.717) is 68.0 Å². The van der Waals surface area contributed by atoms with Gasteiger partial charge in [0.1, 0.15) is 23.1 Å². The normalized spacial score (nSPS) is 23.3. The summed E-state index contributed by atoms with van der Waals surface area (Å²) in [4.78, 5) is 40.7. The predicted octanol–water partition coefficient (Wildman–Crippen LogP) is 6.84. The highest BCUT2D eigenvalue weighted by molar-refractivity contribution is 7.90. The van der Waals surface area contributed by atoms with Crippen molar-refractivity contribution in [1.29, 1.82) is 0 Å². The van der Waals surface area contributed by atoms with Gasteiger partial charge in [0.05, 0.1) is 40.3 Å². The van der Waals surface area contributed by atoms with Gasteiger partial charge in [-0.3, -0.25) is 19.8 Å². The van der Waals surface area contributed by atoms with Crippen molar-refractivity contribution >= 4 is 55.4 Å². The van der Waals surface area contributed by atoms with Crippen LogP contribution in [0, 0.1) is 28.4 Å². The van der Waals surface area contributed by atoms with E-state index >= 15 is 0 Å². The Balaban J connectivity index is 0.881. The zero-order valence-corrected chi connectivity index (χ0v) is 36.5. The maximum absolute atomic E-state index is 14.5. The third-order valence-electron chi connectivity index (χ3n) is 14.5. The van der Waals surface area contributed by atoms with Gasteiger partial charge >= 0.3 is 0 Å². The number of carbonyl (C=O) groups is 1. The van der Waals surface area contributed by atoms with Crippen molar-refractivity contribution in [2.45, 2.75) is 74.6 Å². The first-order valence-electron chi connectivity index (χ1n) is 22.4. The Labute approximate surface area is 371 Å². The molecular formula is C47H52N8O8S. The molecule has 1 spiro atoms. The van der Waals surface area contributed by atoms with E-state index in [1.54, 1.807) is 12.3 Å². The smallest absolute Gasteiger partial charge is 0.293 e. The molecule has 6 aliphatic rings. The Hall–Kier alpha value is -5.75. The Kier molecular flexibility index (Phi) is 10.3. The number of pyridine rings is 1. The standard InChI is InChI=1S/C47H52N8O8S/c1-29-5-2-3-6-35(29)38-7-4-16-53(38)33-22-47(23-33)27-52(28-47)32-8-10-36(39(20-32)54-41-19-31-12-15-48-44(31)50-46(41)63-43-26-62-25-42(43)54)45(56)51-64(59,60)34-9-11-37(40(21-34)55(57)58)49-24-30-13-17-61-18-14-30/h2-3,5-6,8-12,15,19-21,30,33,38,42-43,49H,4,7,13-14,16-18,22-28H2,1H3,(H,48,50)(H,51,56)/t38-,42-,43-/m0/s1. The van der Waals surface area contributed by atoms with Gasteiger partial charge in [-0.05, 0) is 112 Å². The summed E-state index contributed by atoms with van der Waals surface area (Å²) in [6, 6.07) is 22.5. The molecule has 7 heterocycles. The van der Waals surface area contributed by atoms with Crippen molar-refractivity contribution in [1.82, 2.24) is 19.6 Å². The molecule has 64 heavy (non-hydrogen) atoms. The minimum absolute atomic E-state index is 0.111. The highest BCUT2D eigenvalue weighted by Crippen LogP contribution is 2.55. The fourth-order valence-corrected chi connectivity index (χ4v) is 12.1. The molecule has 3 aromatic carbocycles. The number of fused-ring (bicyclic) bond motifs is 3. The minimum Gasteiger partial charge on any atom is -0.468 e. The Morgan fingerprint density at radius 3 is 2.62 bits per heavy atom. The second-order valence-corrected chi connectivity index (χ2v) is 20.2. The lowest BCUT2D eigenvalue weighted by Gasteiger charge is -2.62. The molecule has 4 saturated heterocycles. The van der Waals surface area contributed by atoms with E-state index in [9.17, 15) is 23.3 Å². The topological polar surface area (TPSA) is 184 Å². The second-order valence-electron chi connectivity index (χ2n) is 18.5. The highest BCUT2D eigenvalue weighted by Gasteiger charge is 2.55. The summed E-state index contributed by atoms with van der Waals surface area (Å²) < 4.78 is 48.1. The monoisotopic (exact) mass is 888 g/mol. The van der Waals surface area contributed by atoms with Crippen LogP contribution in [0.3, 0.4) is 0 Å². The summed E-state index contributed by atoms with van der Waals surface area (Å²) in [7, 11) is -4.58. The van der Waals surface area contributed by atoms with Gasteiger partial charge < -0.3 is 34.3 Å². The molecule has 17 heteroatoms. The molecule has 1 aliphatic carbocycles. The zero-order valence-electron chi connectivity index (χ0n) is 35.7. The zero-order chi connectivity index (χ0) is 43.7. The first kappa shape index (κ1) is 41.0. The van der Waals surface area contributed by atoms with Crippen molar-refractivity contribution in [3.8, 4) is 5.88 Å². The van der Waals surface area contributed by atoms with Gasteiger partial charge in [-0.1, -0.05) is 24.3 Å². The van der Waals surface area contributed by atoms with Crippen molar-refractivity contribution in [3.05, 3.63) is 106 Å². The molecule has 334 valence electrons. The van der Waals surface area contributed by atoms with Gasteiger partial charge in [0, 0.05) is 73.7 Å². The van der Waals surface area contributed by atoms with Crippen LogP contribution in [-0.4, -0.2) is 105 Å². The van der Waals surface area contributed by atoms with Gasteiger partial charge in [-0.2, -0.15) is 4.98 Å². The first-order valence-corrected chi connectivity index (χ1v) is 23.9. The van der Waals surface area contributed by atoms with Crippen LogP contribution in [0.25, 0.3) is 11.0 Å². The SMILES string of the molecule is Cc1ccccc1[C@@H]1CCCN1C1CC2(C1)CN(c1ccc(C(=O)NS(=O)(=O)c3ccc(NCC4CCOCC4)c([N+](=O)[O-])c3)c(N3c4cc5cc[nH]c5nc4O[C@H]4COC[C@@H]43)c1)C2. The van der Waals surface area contributed by atoms with Crippen LogP contribution in [0.1, 0.15) is 66.1 Å². The number of nitrogens with zero attached hydrogens (tertiary/aromatic N) is 5. The molecule has 5 aliphatic heterocycles. The molecule has 0 bridgehead atoms. The summed E-state index contributed by atoms with van der Waals surface area (Å²) in [5.74, 6) is -0.227. The number of rotatable bonds is 11. The lowest BCUT2D eigenvalue weighted by atomic mass is 9.60. The molecule has 3 N–H and O–H groups in total. The molecule has 1 saturated carbocycles. The van der Waals surface area contributed by atoms with Crippen LogP contribution in [0.4, 0.5) is 28.4 Å². The number of anilines is 4. The van der Waals surface area contributed by atoms with Gasteiger partial charge in [0.15, 0.2) is 0 Å². The molecule has 16 nitrogen and oxygen atoms in total. The van der Waals surface area contributed by atoms with Crippen molar-refractivity contribution < 1.29 is 32.3 Å². The molecule has 11 rings (SSSR count). The molecule has 2 aromatic heterocycles. The summed E-state index contributed by atoms with van der Waals surface area (Å²) in [5.41, 5.74) is 5.61. The molecular weight excluding hydrogens is 837 g/mol. The van der Waals surface area contributed by atoms with Crippen LogP contribution in [0.2, 0.25) is 0 Å². The fraction of sp³-hybridized carbons (Fsp3) is 0.447. The number of benzene rings is 3. The summed E-state index contributed by atoms with van der Waals surface area (Å²) in [6.07, 6.45) is 7.73. The number of nitro benzene ring substituents is 1. The number of hydrogen-bond donors (Lipinski definition) is 3. The molecule has 5 fully saturated rings. The first-order chi connectivity index (χ1) is 31.0. The van der Waals surface area contributed by atoms with E-state index in [1.165, 1.54) is 36.1 Å². The molecule has 0 radical (unpaired) electrons. The maximum atomic E-state index is 14.5. The Morgan fingerprint density at radius 1 is 0.984 bits per heavy atom. The summed E-state index contributed by atoms with van der Waals surface area (Å²) >= 11 is 0. The quantitative estimate of drug-likeness (QED) is 0.0927. The number of likely N-dealkylation sites (tertiary alicyclic amines) is 1. The second kappa shape index (κ2) is 16.0. The number of carbonyl (C=O) groups excluding carboxylic acids is 1. The lowest BCUT2D eigenvalue weighted by Crippen LogP contribution is -2.66. The van der Waals surface area contributed by atoms with Gasteiger partial charge in [-0.25, -0.2) is 13.1 Å². The number of aryl methyl sites for hydroxylation is 1. The third kappa shape index (κ3) is 7.31. The average molecular weight is 889 g/mol. The average Bonchev–Trinajstić information content (AvgIpc) is 4.05. The van der Waals surface area contributed by atoms with Crippen molar-refractivity contribution in [2.75, 3.05) is 67.7 Å². The fourth-order valence-electron chi connectivity index (χ4n) is 11.1. The van der Waals surface area contributed by atoms with E-state index < -0.39 is 37.5 Å². The number of amides is 1. The van der Waals surface area contributed by atoms with E-state index in [-0.39, 0.29) is 28.6 Å². The third-order valence-corrected chi connectivity index (χ3v) is 15.8. The minimum atomic E-state index is -4.58. The van der Waals surface area contributed by atoms with Gasteiger partial charge in [-0.15, -0.1) is 0 Å². The molecule has 3 atom stereocenters. The van der Waals surface area contributed by atoms with E-state index in [1.807, 2.05) is 29.2 Å². The number of nitrogens with one attached hydrogen (secondary N) is 3. The number of sulfonamides is 1. The van der Waals surface area contributed by atoms with Crippen molar-refractivity contribution in [2.24, 2.45) is 11.3 Å². The number of ether oxygens (including phenoxy) is 3. The largest absolute Gasteiger partial charge is 0.468 e. The molecule has 1 amide bonds. The summed E-state index contributed by atoms with van der Waals surface area (Å²) in [6.45, 7) is 7.47. The summed E-state index contributed by atoms with van der Waals surface area (Å²) in [5, 5.41) is 16.2. The highest BCUT2D eigenvalue weighted by atomic mass is 32.2. The number of hydrogen-bond acceptors (Lipinski definition) is 13. The van der Waals surface area contributed by atoms with Crippen molar-refractivity contribution in [3.63, 3.8) is 0 Å². The van der Waals surface area contributed by atoms with E-state index in [2.05, 4.69) is 56.0 Å². The van der Waals surface area contributed by atoms with Crippen LogP contribution in [-0.2, 0) is 19.5 Å². The lowest BCUT2D eigenvalue weighted by molar-refractivity contribution is -0.384. The maximum Gasteiger partial charge on any atom is 0.293 e. The van der Waals surface area contributed by atoms with Crippen LogP contribution in [0.15, 0.2) is 83.9 Å². The number of nitro groups is 1. The van der Waals surface area contributed by atoms with E-state index in [0.717, 1.165) is 62.5 Å². The van der Waals surface area contributed by atoms with Crippen LogP contribution in [0.5, 0.6) is 5.88 Å². The Bertz CT molecular complexity index is 2740. The number of H-pyrrole nitrogens is 1. The van der Waals surface area contributed by atoms with Gasteiger partial charge in [0.2, 0.25) is 5.88 Å². The number of aromatic nitrogens is 2. The van der Waals surface area contributed by atoms with Gasteiger partial charge in [0.25, 0.3) is 21.6 Å².